The third-order valence-corrected chi connectivity index (χ3v) is 4.49. The van der Waals surface area contributed by atoms with Crippen molar-refractivity contribution in [2.45, 2.75) is 18.9 Å². The van der Waals surface area contributed by atoms with E-state index in [-0.39, 0.29) is 24.5 Å². The van der Waals surface area contributed by atoms with Crippen molar-refractivity contribution in [1.82, 2.24) is 10.6 Å². The molecule has 0 saturated carbocycles. The Morgan fingerprint density at radius 3 is 2.41 bits per heavy atom. The van der Waals surface area contributed by atoms with Gasteiger partial charge in [-0.05, 0) is 42.3 Å². The van der Waals surface area contributed by atoms with Gasteiger partial charge >= 0.3 is 11.9 Å². The van der Waals surface area contributed by atoms with E-state index < -0.39 is 36.2 Å². The highest BCUT2D eigenvalue weighted by Gasteiger charge is 2.24. The summed E-state index contributed by atoms with van der Waals surface area (Å²) < 4.78 is 10.6. The second-order valence-corrected chi connectivity index (χ2v) is 6.79. The summed E-state index contributed by atoms with van der Waals surface area (Å²) in [5, 5.41) is 22.9. The number of amides is 2. The summed E-state index contributed by atoms with van der Waals surface area (Å²) in [5.41, 5.74) is 0.557. The molecule has 3 rings (SSSR count). The number of benzene rings is 2. The van der Waals surface area contributed by atoms with Gasteiger partial charge in [-0.25, -0.2) is 4.79 Å². The zero-order valence-electron chi connectivity index (χ0n) is 16.7. The fourth-order valence-electron chi connectivity index (χ4n) is 2.87. The van der Waals surface area contributed by atoms with Crippen molar-refractivity contribution < 1.29 is 38.9 Å². The molecule has 2 amide bonds. The first-order valence-electron chi connectivity index (χ1n) is 9.56. The Morgan fingerprint density at radius 2 is 1.72 bits per heavy atom. The quantitative estimate of drug-likeness (QED) is 0.430. The molecule has 2 aromatic carbocycles. The predicted molar refractivity (Wildman–Crippen MR) is 111 cm³/mol. The molecule has 0 fully saturated rings. The standard InChI is InChI=1S/C22H20N2O8/c25-19(26)9-7-15(22(29)30)23-21(28)16(24-20(27)14-4-2-1-3-5-14)10-13-6-8-17-18(11-13)32-12-31-17/h1-6,8,10-11,15H,7,9,12H2,(H,23,28)(H,24,27)(H,25,26)(H,29,30). The highest BCUT2D eigenvalue weighted by molar-refractivity contribution is 6.06. The number of nitrogens with one attached hydrogen (secondary N) is 2. The first-order valence-corrected chi connectivity index (χ1v) is 9.56. The zero-order chi connectivity index (χ0) is 23.1. The maximum Gasteiger partial charge on any atom is 0.326 e. The summed E-state index contributed by atoms with van der Waals surface area (Å²) in [6, 6.07) is 11.6. The van der Waals surface area contributed by atoms with E-state index in [4.69, 9.17) is 14.6 Å². The fraction of sp³-hybridized carbons (Fsp3) is 0.182. The van der Waals surface area contributed by atoms with Crippen LogP contribution in [-0.4, -0.2) is 46.8 Å². The Labute approximate surface area is 182 Å². The van der Waals surface area contributed by atoms with Gasteiger partial charge in [0, 0.05) is 12.0 Å². The largest absolute Gasteiger partial charge is 0.481 e. The number of carbonyl (C=O) groups is 4. The summed E-state index contributed by atoms with van der Waals surface area (Å²) in [7, 11) is 0. The van der Waals surface area contributed by atoms with Crippen LogP contribution in [0.5, 0.6) is 11.5 Å². The second-order valence-electron chi connectivity index (χ2n) is 6.79. The van der Waals surface area contributed by atoms with Crippen molar-refractivity contribution in [2.75, 3.05) is 6.79 Å². The van der Waals surface area contributed by atoms with Crippen molar-refractivity contribution in [3.05, 3.63) is 65.4 Å². The minimum absolute atomic E-state index is 0.0600. The van der Waals surface area contributed by atoms with Crippen LogP contribution in [0.4, 0.5) is 0 Å². The second kappa shape index (κ2) is 10.1. The third kappa shape index (κ3) is 5.85. The van der Waals surface area contributed by atoms with E-state index >= 15 is 0 Å². The first-order chi connectivity index (χ1) is 15.3. The number of aliphatic carboxylic acids is 2. The van der Waals surface area contributed by atoms with Gasteiger partial charge < -0.3 is 30.3 Å². The smallest absolute Gasteiger partial charge is 0.326 e. The highest BCUT2D eigenvalue weighted by atomic mass is 16.7. The molecule has 1 aliphatic heterocycles. The van der Waals surface area contributed by atoms with Gasteiger partial charge in [0.15, 0.2) is 11.5 Å². The summed E-state index contributed by atoms with van der Waals surface area (Å²) >= 11 is 0. The third-order valence-electron chi connectivity index (χ3n) is 4.49. The lowest BCUT2D eigenvalue weighted by Crippen LogP contribution is -2.44. The van der Waals surface area contributed by atoms with Crippen LogP contribution >= 0.6 is 0 Å². The molecular weight excluding hydrogens is 420 g/mol. The van der Waals surface area contributed by atoms with Crippen molar-refractivity contribution in [3.63, 3.8) is 0 Å². The summed E-state index contributed by atoms with van der Waals surface area (Å²) in [6.07, 6.45) is 0.587. The van der Waals surface area contributed by atoms with E-state index in [9.17, 15) is 24.3 Å². The molecule has 166 valence electrons. The Hall–Kier alpha value is -4.34. The van der Waals surface area contributed by atoms with Crippen LogP contribution in [0.25, 0.3) is 6.08 Å². The molecule has 0 aliphatic carbocycles. The van der Waals surface area contributed by atoms with Gasteiger partial charge in [0.1, 0.15) is 11.7 Å². The minimum atomic E-state index is -1.45. The molecule has 32 heavy (non-hydrogen) atoms. The molecule has 1 heterocycles. The van der Waals surface area contributed by atoms with E-state index in [2.05, 4.69) is 10.6 Å². The molecule has 0 bridgehead atoms. The van der Waals surface area contributed by atoms with Crippen LogP contribution in [0, 0.1) is 0 Å². The van der Waals surface area contributed by atoms with Gasteiger partial charge in [-0.3, -0.25) is 14.4 Å². The molecule has 0 spiro atoms. The number of fused-ring (bicyclic) bond motifs is 1. The Kier molecular flexibility index (Phi) is 7.06. The Balaban J connectivity index is 1.86. The number of carboxylic acid groups (broad SMARTS) is 2. The molecule has 0 saturated heterocycles. The fourth-order valence-corrected chi connectivity index (χ4v) is 2.87. The number of carbonyl (C=O) groups excluding carboxylic acids is 2. The van der Waals surface area contributed by atoms with Crippen LogP contribution < -0.4 is 20.1 Å². The van der Waals surface area contributed by atoms with Gasteiger partial charge in [-0.15, -0.1) is 0 Å². The van der Waals surface area contributed by atoms with Gasteiger partial charge in [0.05, 0.1) is 0 Å². The van der Waals surface area contributed by atoms with Crippen molar-refractivity contribution >= 4 is 29.8 Å². The van der Waals surface area contributed by atoms with E-state index in [0.29, 0.717) is 17.1 Å². The lowest BCUT2D eigenvalue weighted by molar-refractivity contribution is -0.142. The molecule has 4 N–H and O–H groups in total. The molecule has 0 radical (unpaired) electrons. The van der Waals surface area contributed by atoms with Gasteiger partial charge in [0.25, 0.3) is 11.8 Å². The lowest BCUT2D eigenvalue weighted by atomic mass is 10.1. The molecule has 1 aliphatic rings. The van der Waals surface area contributed by atoms with Crippen LogP contribution in [-0.2, 0) is 14.4 Å². The Morgan fingerprint density at radius 1 is 1.00 bits per heavy atom. The lowest BCUT2D eigenvalue weighted by Gasteiger charge is -2.16. The first kappa shape index (κ1) is 22.3. The molecule has 10 nitrogen and oxygen atoms in total. The number of ether oxygens (including phenoxy) is 2. The number of carboxylic acids is 2. The van der Waals surface area contributed by atoms with Crippen molar-refractivity contribution in [3.8, 4) is 11.5 Å². The van der Waals surface area contributed by atoms with Gasteiger partial charge in [0.2, 0.25) is 6.79 Å². The highest BCUT2D eigenvalue weighted by Crippen LogP contribution is 2.33. The predicted octanol–water partition coefficient (Wildman–Crippen LogP) is 1.62. The summed E-state index contributed by atoms with van der Waals surface area (Å²) in [4.78, 5) is 47.7. The monoisotopic (exact) mass is 440 g/mol. The maximum absolute atomic E-state index is 12.8. The molecule has 2 aromatic rings. The number of hydrogen-bond donors (Lipinski definition) is 4. The van der Waals surface area contributed by atoms with Crippen LogP contribution in [0.3, 0.4) is 0 Å². The van der Waals surface area contributed by atoms with Gasteiger partial charge in [-0.1, -0.05) is 24.3 Å². The average Bonchev–Trinajstić information content (AvgIpc) is 3.24. The number of rotatable bonds is 9. The maximum atomic E-state index is 12.8. The van der Waals surface area contributed by atoms with Crippen molar-refractivity contribution in [1.29, 1.82) is 0 Å². The SMILES string of the molecule is O=C(O)CCC(NC(=O)C(=Cc1ccc2c(c1)OCO2)NC(=O)c1ccccc1)C(=O)O. The van der Waals surface area contributed by atoms with Gasteiger partial charge in [-0.2, -0.15) is 0 Å². The van der Waals surface area contributed by atoms with Crippen LogP contribution in [0.2, 0.25) is 0 Å². The van der Waals surface area contributed by atoms with Crippen LogP contribution in [0.1, 0.15) is 28.8 Å². The Bertz CT molecular complexity index is 1060. The molecule has 0 aromatic heterocycles. The van der Waals surface area contributed by atoms with E-state index in [1.54, 1.807) is 48.5 Å². The van der Waals surface area contributed by atoms with E-state index in [1.807, 2.05) is 0 Å². The van der Waals surface area contributed by atoms with Crippen molar-refractivity contribution in [2.24, 2.45) is 0 Å². The molecule has 1 atom stereocenters. The summed E-state index contributed by atoms with van der Waals surface area (Å²) in [6.45, 7) is 0.0600. The summed E-state index contributed by atoms with van der Waals surface area (Å²) in [5.74, 6) is -3.07. The molecular formula is C22H20N2O8. The molecule has 1 unspecified atom stereocenters. The number of hydrogen-bond acceptors (Lipinski definition) is 6. The minimum Gasteiger partial charge on any atom is -0.481 e. The molecule has 10 heteroatoms. The van der Waals surface area contributed by atoms with Crippen LogP contribution in [0.15, 0.2) is 54.2 Å². The van der Waals surface area contributed by atoms with E-state index in [0.717, 1.165) is 0 Å². The zero-order valence-corrected chi connectivity index (χ0v) is 16.7. The normalized spacial score (nSPS) is 13.2. The average molecular weight is 440 g/mol. The topological polar surface area (TPSA) is 151 Å². The van der Waals surface area contributed by atoms with E-state index in [1.165, 1.54) is 6.08 Å².